The highest BCUT2D eigenvalue weighted by Crippen LogP contribution is 2.03. The van der Waals surface area contributed by atoms with Gasteiger partial charge in [-0.25, -0.2) is 4.79 Å². The first-order chi connectivity index (χ1) is 13.9. The van der Waals surface area contributed by atoms with Crippen molar-refractivity contribution in [1.29, 1.82) is 0 Å². The van der Waals surface area contributed by atoms with E-state index in [2.05, 4.69) is 20.9 Å². The van der Waals surface area contributed by atoms with E-state index in [0.29, 0.717) is 0 Å². The molecular weight excluding hydrogens is 402 g/mol. The van der Waals surface area contributed by atoms with Crippen molar-refractivity contribution in [2.75, 3.05) is 13.2 Å². The molecule has 0 radical (unpaired) electrons. The Balaban J connectivity index is 5.37. The Kier molecular flexibility index (Phi) is 12.0. The molecule has 0 saturated carbocycles. The monoisotopic (exact) mass is 433 g/mol. The molecule has 12 N–H and O–H groups in total. The highest BCUT2D eigenvalue weighted by Gasteiger charge is 2.31. The molecule has 0 saturated heterocycles. The van der Waals surface area contributed by atoms with Crippen LogP contribution in [0.25, 0.3) is 0 Å². The number of aliphatic hydroxyl groups excluding tert-OH is 2. The molecular formula is C16H31N7O7. The molecule has 0 aliphatic heterocycles. The fourth-order valence-corrected chi connectivity index (χ4v) is 2.18. The number of aliphatic hydroxyl groups is 2. The lowest BCUT2D eigenvalue weighted by atomic mass is 10.1. The quantitative estimate of drug-likeness (QED) is 0.0761. The number of aliphatic imine (C=N–C) groups is 1. The van der Waals surface area contributed by atoms with E-state index >= 15 is 0 Å². The third-order valence-corrected chi connectivity index (χ3v) is 3.85. The Hall–Kier alpha value is -2.97. The maximum absolute atomic E-state index is 12.5. The van der Waals surface area contributed by atoms with Gasteiger partial charge in [0.1, 0.15) is 18.1 Å². The van der Waals surface area contributed by atoms with Crippen LogP contribution in [-0.4, -0.2) is 88.4 Å². The number of nitrogens with two attached hydrogens (primary N) is 3. The van der Waals surface area contributed by atoms with Gasteiger partial charge in [-0.05, 0) is 26.7 Å². The first-order valence-electron chi connectivity index (χ1n) is 9.14. The van der Waals surface area contributed by atoms with Gasteiger partial charge in [-0.2, -0.15) is 0 Å². The Morgan fingerprint density at radius 1 is 0.967 bits per heavy atom. The number of carboxylic acid groups (broad SMARTS) is 1. The van der Waals surface area contributed by atoms with Crippen LogP contribution in [0, 0.1) is 0 Å². The minimum Gasteiger partial charge on any atom is -0.480 e. The molecule has 0 fully saturated rings. The maximum atomic E-state index is 12.5. The van der Waals surface area contributed by atoms with Crippen LogP contribution < -0.4 is 33.2 Å². The van der Waals surface area contributed by atoms with Crippen molar-refractivity contribution >= 4 is 29.7 Å². The number of hydrogen-bond acceptors (Lipinski definition) is 8. The third-order valence-electron chi connectivity index (χ3n) is 3.85. The number of carbonyl (C=O) groups is 4. The van der Waals surface area contributed by atoms with Crippen molar-refractivity contribution < 1.29 is 34.5 Å². The first-order valence-corrected chi connectivity index (χ1v) is 9.14. The van der Waals surface area contributed by atoms with Gasteiger partial charge in [0, 0.05) is 6.54 Å². The van der Waals surface area contributed by atoms with Gasteiger partial charge >= 0.3 is 5.97 Å². The summed E-state index contributed by atoms with van der Waals surface area (Å²) in [7, 11) is 0. The van der Waals surface area contributed by atoms with Crippen LogP contribution in [0.15, 0.2) is 4.99 Å². The largest absolute Gasteiger partial charge is 0.480 e. The average Bonchev–Trinajstić information content (AvgIpc) is 2.64. The van der Waals surface area contributed by atoms with E-state index in [1.54, 1.807) is 0 Å². The smallest absolute Gasteiger partial charge is 0.328 e. The van der Waals surface area contributed by atoms with E-state index in [0.717, 1.165) is 0 Å². The molecule has 5 unspecified atom stereocenters. The van der Waals surface area contributed by atoms with Crippen LogP contribution in [-0.2, 0) is 19.2 Å². The summed E-state index contributed by atoms with van der Waals surface area (Å²) < 4.78 is 0. The Labute approximate surface area is 173 Å². The minimum absolute atomic E-state index is 0.000111. The highest BCUT2D eigenvalue weighted by atomic mass is 16.4. The molecule has 0 rings (SSSR count). The summed E-state index contributed by atoms with van der Waals surface area (Å²) in [6.45, 7) is 1.90. The summed E-state index contributed by atoms with van der Waals surface area (Å²) in [5.74, 6) is -4.12. The molecule has 0 aliphatic rings. The zero-order valence-electron chi connectivity index (χ0n) is 16.9. The molecule has 0 aliphatic carbocycles. The molecule has 0 bridgehead atoms. The van der Waals surface area contributed by atoms with Crippen molar-refractivity contribution in [1.82, 2.24) is 16.0 Å². The summed E-state index contributed by atoms with van der Waals surface area (Å²) in [6.07, 6.45) is -1.08. The Morgan fingerprint density at radius 3 is 1.97 bits per heavy atom. The molecule has 3 amide bonds. The number of hydrogen-bond donors (Lipinski definition) is 9. The number of carbonyl (C=O) groups excluding carboxylic acids is 3. The minimum atomic E-state index is -1.58. The van der Waals surface area contributed by atoms with E-state index in [-0.39, 0.29) is 25.3 Å². The predicted octanol–water partition coefficient (Wildman–Crippen LogP) is -4.70. The van der Waals surface area contributed by atoms with Crippen LogP contribution in [0.1, 0.15) is 26.7 Å². The van der Waals surface area contributed by atoms with E-state index in [1.807, 2.05) is 0 Å². The van der Waals surface area contributed by atoms with Gasteiger partial charge in [-0.15, -0.1) is 0 Å². The van der Waals surface area contributed by atoms with Crippen molar-refractivity contribution in [3.05, 3.63) is 0 Å². The molecule has 30 heavy (non-hydrogen) atoms. The summed E-state index contributed by atoms with van der Waals surface area (Å²) in [4.78, 5) is 51.5. The SMILES string of the molecule is CC(N)C(=O)NC(C(=O)NC(CCCN=C(N)N)C(=O)NC(CO)C(=O)O)C(C)O. The van der Waals surface area contributed by atoms with Gasteiger partial charge in [-0.1, -0.05) is 0 Å². The van der Waals surface area contributed by atoms with Crippen LogP contribution >= 0.6 is 0 Å². The predicted molar refractivity (Wildman–Crippen MR) is 106 cm³/mol. The standard InChI is InChI=1S/C16H31N7O7/c1-7(17)12(26)23-11(8(2)25)14(28)21-9(4-3-5-20-16(18)19)13(27)22-10(6-24)15(29)30/h7-11,24-25H,3-6,17H2,1-2H3,(H,21,28)(H,22,27)(H,23,26)(H,29,30)(H4,18,19,20). The zero-order valence-corrected chi connectivity index (χ0v) is 16.9. The number of nitrogens with one attached hydrogen (secondary N) is 3. The lowest BCUT2D eigenvalue weighted by molar-refractivity contribution is -0.143. The van der Waals surface area contributed by atoms with Gasteiger partial charge in [0.05, 0.1) is 18.8 Å². The number of carboxylic acids is 1. The van der Waals surface area contributed by atoms with Gasteiger partial charge in [-0.3, -0.25) is 19.4 Å². The number of guanidine groups is 1. The lowest BCUT2D eigenvalue weighted by Crippen LogP contribution is -2.59. The van der Waals surface area contributed by atoms with Gasteiger partial charge in [0.2, 0.25) is 17.7 Å². The van der Waals surface area contributed by atoms with Crippen molar-refractivity contribution in [3.63, 3.8) is 0 Å². The third kappa shape index (κ3) is 9.99. The van der Waals surface area contributed by atoms with Crippen molar-refractivity contribution in [2.24, 2.45) is 22.2 Å². The summed E-state index contributed by atoms with van der Waals surface area (Å²) in [6, 6.07) is -5.20. The Bertz CT molecular complexity index is 635. The van der Waals surface area contributed by atoms with E-state index in [1.165, 1.54) is 13.8 Å². The normalized spacial score (nSPS) is 15.6. The van der Waals surface area contributed by atoms with Crippen molar-refractivity contribution in [2.45, 2.75) is 57.0 Å². The summed E-state index contributed by atoms with van der Waals surface area (Å²) in [5, 5.41) is 34.6. The molecule has 0 aromatic heterocycles. The molecule has 14 nitrogen and oxygen atoms in total. The van der Waals surface area contributed by atoms with Crippen LogP contribution in [0.4, 0.5) is 0 Å². The van der Waals surface area contributed by atoms with E-state index in [9.17, 15) is 24.3 Å². The summed E-state index contributed by atoms with van der Waals surface area (Å²) in [5.41, 5.74) is 15.9. The second kappa shape index (κ2) is 13.3. The number of aliphatic carboxylic acids is 1. The molecule has 0 aromatic rings. The van der Waals surface area contributed by atoms with E-state index in [4.69, 9.17) is 27.4 Å². The molecule has 14 heteroatoms. The first kappa shape index (κ1) is 27.0. The molecule has 0 aromatic carbocycles. The molecule has 0 heterocycles. The number of amides is 3. The fraction of sp³-hybridized carbons (Fsp3) is 0.688. The lowest BCUT2D eigenvalue weighted by Gasteiger charge is -2.25. The Morgan fingerprint density at radius 2 is 1.53 bits per heavy atom. The van der Waals surface area contributed by atoms with Gasteiger partial charge in [0.15, 0.2) is 5.96 Å². The molecule has 0 spiro atoms. The topological polar surface area (TPSA) is 255 Å². The second-order valence-corrected chi connectivity index (χ2v) is 6.61. The average molecular weight is 433 g/mol. The highest BCUT2D eigenvalue weighted by molar-refractivity contribution is 5.94. The molecule has 5 atom stereocenters. The van der Waals surface area contributed by atoms with Crippen LogP contribution in [0.2, 0.25) is 0 Å². The van der Waals surface area contributed by atoms with Crippen LogP contribution in [0.3, 0.4) is 0 Å². The number of nitrogens with zero attached hydrogens (tertiary/aromatic N) is 1. The molecule has 172 valence electrons. The van der Waals surface area contributed by atoms with E-state index < -0.39 is 60.6 Å². The fourth-order valence-electron chi connectivity index (χ4n) is 2.18. The zero-order chi connectivity index (χ0) is 23.4. The number of rotatable bonds is 13. The maximum Gasteiger partial charge on any atom is 0.328 e. The van der Waals surface area contributed by atoms with Gasteiger partial charge in [0.25, 0.3) is 0 Å². The second-order valence-electron chi connectivity index (χ2n) is 6.61. The summed E-state index contributed by atoms with van der Waals surface area (Å²) >= 11 is 0. The van der Waals surface area contributed by atoms with Crippen LogP contribution in [0.5, 0.6) is 0 Å². The van der Waals surface area contributed by atoms with Gasteiger partial charge < -0.3 is 48.5 Å². The van der Waals surface area contributed by atoms with Crippen molar-refractivity contribution in [3.8, 4) is 0 Å².